The average molecular weight is 556 g/mol. The standard InChI is InChI=1S/C28H34FN5O6/c1-15-21(11-18-17-10-19(29)23(12-22(17)31-25(18)36)32-27(38)28(2,3)39)30-20-4-5-34(26(37)24(15)20)14-16(35)13-33-6-8-40-9-7-33/h10-12,16,30,35,39H,4-9,13-14H2,1-3H3,(H,31,36)(H,32,38)/t16-/m0/s1. The highest BCUT2D eigenvalue weighted by Gasteiger charge is 2.33. The number of nitrogens with zero attached hydrogens (tertiary/aromatic N) is 2. The molecule has 0 aliphatic carbocycles. The number of morpholine rings is 1. The predicted octanol–water partition coefficient (Wildman–Crippen LogP) is 1.36. The molecule has 4 heterocycles. The van der Waals surface area contributed by atoms with Crippen LogP contribution in [-0.2, 0) is 20.7 Å². The molecule has 0 radical (unpaired) electrons. The van der Waals surface area contributed by atoms with Crippen molar-refractivity contribution in [1.29, 1.82) is 0 Å². The number of H-pyrrole nitrogens is 1. The second kappa shape index (κ2) is 10.8. The first-order valence-corrected chi connectivity index (χ1v) is 13.3. The fourth-order valence-electron chi connectivity index (χ4n) is 5.25. The second-order valence-electron chi connectivity index (χ2n) is 11.0. The summed E-state index contributed by atoms with van der Waals surface area (Å²) in [5.41, 5.74) is 1.46. The number of aromatic amines is 1. The number of aliphatic hydroxyl groups excluding tert-OH is 1. The van der Waals surface area contributed by atoms with Crippen molar-refractivity contribution in [3.05, 3.63) is 46.0 Å². The third kappa shape index (κ3) is 5.52. The molecule has 1 fully saturated rings. The number of rotatable bonds is 7. The number of benzene rings is 1. The quantitative estimate of drug-likeness (QED) is 0.324. The molecule has 2 aromatic rings. The Hall–Kier alpha value is -3.58. The number of aromatic nitrogens is 1. The van der Waals surface area contributed by atoms with Crippen LogP contribution in [0.15, 0.2) is 12.1 Å². The number of fused-ring (bicyclic) bond motifs is 2. The molecule has 1 aromatic heterocycles. The van der Waals surface area contributed by atoms with E-state index in [-0.39, 0.29) is 23.7 Å². The molecular formula is C28H34FN5O6. The summed E-state index contributed by atoms with van der Waals surface area (Å²) in [6.07, 6.45) is 1.47. The van der Waals surface area contributed by atoms with Gasteiger partial charge in [-0.2, -0.15) is 0 Å². The van der Waals surface area contributed by atoms with Crippen molar-refractivity contribution in [3.63, 3.8) is 0 Å². The van der Waals surface area contributed by atoms with Crippen LogP contribution in [0, 0.1) is 12.7 Å². The van der Waals surface area contributed by atoms with Crippen molar-refractivity contribution in [2.45, 2.75) is 38.9 Å². The number of carbonyl (C=O) groups is 3. The van der Waals surface area contributed by atoms with Gasteiger partial charge in [0.15, 0.2) is 0 Å². The largest absolute Gasteiger partial charge is 0.390 e. The van der Waals surface area contributed by atoms with E-state index in [1.54, 1.807) is 17.9 Å². The first-order valence-electron chi connectivity index (χ1n) is 13.3. The Morgan fingerprint density at radius 3 is 2.65 bits per heavy atom. The normalized spacial score (nSPS) is 19.4. The maximum atomic E-state index is 14.9. The topological polar surface area (TPSA) is 147 Å². The lowest BCUT2D eigenvalue weighted by Crippen LogP contribution is -2.47. The maximum Gasteiger partial charge on any atom is 0.256 e. The van der Waals surface area contributed by atoms with Crippen molar-refractivity contribution < 1.29 is 33.7 Å². The molecule has 0 unspecified atom stereocenters. The number of aliphatic hydroxyl groups is 2. The third-order valence-electron chi connectivity index (χ3n) is 7.49. The Kier molecular flexibility index (Phi) is 7.53. The molecule has 40 heavy (non-hydrogen) atoms. The van der Waals surface area contributed by atoms with Crippen molar-refractivity contribution in [2.75, 3.05) is 56.6 Å². The summed E-state index contributed by atoms with van der Waals surface area (Å²) in [5, 5.41) is 25.5. The predicted molar refractivity (Wildman–Crippen MR) is 146 cm³/mol. The molecule has 5 N–H and O–H groups in total. The fraction of sp³-hybridized carbons (Fsp3) is 0.464. The van der Waals surface area contributed by atoms with Crippen LogP contribution >= 0.6 is 0 Å². The number of hydrogen-bond acceptors (Lipinski definition) is 7. The first-order chi connectivity index (χ1) is 18.9. The van der Waals surface area contributed by atoms with Gasteiger partial charge in [-0.05, 0) is 44.5 Å². The molecule has 11 nitrogen and oxygen atoms in total. The lowest BCUT2D eigenvalue weighted by atomic mass is 10.0. The van der Waals surface area contributed by atoms with E-state index in [9.17, 15) is 29.0 Å². The van der Waals surface area contributed by atoms with Crippen molar-refractivity contribution >= 4 is 40.7 Å². The van der Waals surface area contributed by atoms with E-state index in [1.165, 1.54) is 19.9 Å². The minimum Gasteiger partial charge on any atom is -0.390 e. The summed E-state index contributed by atoms with van der Waals surface area (Å²) in [6.45, 7) is 8.27. The van der Waals surface area contributed by atoms with Crippen LogP contribution in [0.2, 0.25) is 0 Å². The van der Waals surface area contributed by atoms with Gasteiger partial charge in [0.1, 0.15) is 11.4 Å². The SMILES string of the molecule is Cc1c(C=C2C(=O)Nc3cc(NC(=O)C(C)(C)O)c(F)cc32)[nH]c2c1C(=O)N(C[C@@H](O)CN1CCOCC1)CC2. The van der Waals surface area contributed by atoms with E-state index in [0.29, 0.717) is 60.8 Å². The van der Waals surface area contributed by atoms with Crippen LogP contribution in [0.1, 0.15) is 46.7 Å². The van der Waals surface area contributed by atoms with E-state index in [0.717, 1.165) is 24.8 Å². The molecule has 3 aliphatic heterocycles. The summed E-state index contributed by atoms with van der Waals surface area (Å²) in [6, 6.07) is 2.46. The molecule has 0 saturated carbocycles. The lowest BCUT2D eigenvalue weighted by molar-refractivity contribution is -0.130. The van der Waals surface area contributed by atoms with Gasteiger partial charge in [-0.25, -0.2) is 4.39 Å². The summed E-state index contributed by atoms with van der Waals surface area (Å²) in [4.78, 5) is 45.4. The minimum atomic E-state index is -1.71. The molecule has 1 atom stereocenters. The Morgan fingerprint density at radius 2 is 1.95 bits per heavy atom. The molecular weight excluding hydrogens is 521 g/mol. The highest BCUT2D eigenvalue weighted by molar-refractivity contribution is 6.35. The number of halogens is 1. The van der Waals surface area contributed by atoms with Gasteiger partial charge in [0.25, 0.3) is 17.7 Å². The van der Waals surface area contributed by atoms with Crippen molar-refractivity contribution in [3.8, 4) is 0 Å². The maximum absolute atomic E-state index is 14.9. The van der Waals surface area contributed by atoms with E-state index in [4.69, 9.17) is 4.74 Å². The van der Waals surface area contributed by atoms with Crippen LogP contribution in [0.4, 0.5) is 15.8 Å². The molecule has 214 valence electrons. The molecule has 12 heteroatoms. The number of β-amino-alcohol motifs (C(OH)–C–C–N with tert-alkyl or cyclic N) is 1. The molecule has 0 bridgehead atoms. The zero-order valence-electron chi connectivity index (χ0n) is 22.8. The van der Waals surface area contributed by atoms with E-state index >= 15 is 0 Å². The monoisotopic (exact) mass is 555 g/mol. The fourth-order valence-corrected chi connectivity index (χ4v) is 5.25. The Bertz CT molecular complexity index is 1390. The molecule has 3 aliphatic rings. The number of hydrogen-bond donors (Lipinski definition) is 5. The molecule has 1 aromatic carbocycles. The van der Waals surface area contributed by atoms with E-state index < -0.39 is 29.3 Å². The summed E-state index contributed by atoms with van der Waals surface area (Å²) >= 11 is 0. The van der Waals surface area contributed by atoms with E-state index in [2.05, 4.69) is 20.5 Å². The van der Waals surface area contributed by atoms with Gasteiger partial charge in [0.05, 0.1) is 41.8 Å². The van der Waals surface area contributed by atoms with Gasteiger partial charge >= 0.3 is 0 Å². The molecule has 3 amide bonds. The number of ether oxygens (including phenoxy) is 1. The summed E-state index contributed by atoms with van der Waals surface area (Å²) in [5.74, 6) is -2.18. The second-order valence-corrected chi connectivity index (χ2v) is 11.0. The Morgan fingerprint density at radius 1 is 1.23 bits per heavy atom. The van der Waals surface area contributed by atoms with Gasteiger partial charge in [-0.3, -0.25) is 19.3 Å². The van der Waals surface area contributed by atoms with Gasteiger partial charge in [0.2, 0.25) is 0 Å². The molecule has 0 spiro atoms. The zero-order valence-corrected chi connectivity index (χ0v) is 22.8. The highest BCUT2D eigenvalue weighted by Crippen LogP contribution is 2.38. The van der Waals surface area contributed by atoms with Crippen LogP contribution in [-0.4, -0.2) is 100 Å². The van der Waals surface area contributed by atoms with Crippen molar-refractivity contribution in [1.82, 2.24) is 14.8 Å². The summed E-state index contributed by atoms with van der Waals surface area (Å²) in [7, 11) is 0. The highest BCUT2D eigenvalue weighted by atomic mass is 19.1. The first kappa shape index (κ1) is 28.0. The van der Waals surface area contributed by atoms with Gasteiger partial charge in [-0.1, -0.05) is 0 Å². The Balaban J connectivity index is 1.35. The number of nitrogens with one attached hydrogen (secondary N) is 3. The lowest BCUT2D eigenvalue weighted by Gasteiger charge is -2.32. The molecule has 5 rings (SSSR count). The Labute approximate surface area is 231 Å². The summed E-state index contributed by atoms with van der Waals surface area (Å²) < 4.78 is 20.2. The van der Waals surface area contributed by atoms with Gasteiger partial charge in [0, 0.05) is 56.1 Å². The van der Waals surface area contributed by atoms with Crippen LogP contribution in [0.25, 0.3) is 11.6 Å². The van der Waals surface area contributed by atoms with Crippen LogP contribution in [0.5, 0.6) is 0 Å². The molecule has 1 saturated heterocycles. The zero-order chi connectivity index (χ0) is 28.8. The smallest absolute Gasteiger partial charge is 0.256 e. The number of carbonyl (C=O) groups excluding carboxylic acids is 3. The third-order valence-corrected chi connectivity index (χ3v) is 7.49. The minimum absolute atomic E-state index is 0.166. The van der Waals surface area contributed by atoms with Gasteiger partial charge < -0.3 is 35.5 Å². The van der Waals surface area contributed by atoms with Crippen molar-refractivity contribution in [2.24, 2.45) is 0 Å². The number of amides is 3. The van der Waals surface area contributed by atoms with Crippen LogP contribution < -0.4 is 10.6 Å². The average Bonchev–Trinajstić information content (AvgIpc) is 3.37. The van der Waals surface area contributed by atoms with Gasteiger partial charge in [-0.15, -0.1) is 0 Å². The van der Waals surface area contributed by atoms with Crippen LogP contribution in [0.3, 0.4) is 0 Å². The number of anilines is 2. The van der Waals surface area contributed by atoms with E-state index in [1.807, 2.05) is 0 Å².